The van der Waals surface area contributed by atoms with E-state index in [1.165, 1.54) is 18.3 Å². The molecule has 0 radical (unpaired) electrons. The van der Waals surface area contributed by atoms with E-state index in [4.69, 9.17) is 14.2 Å². The van der Waals surface area contributed by atoms with E-state index < -0.39 is 18.0 Å². The van der Waals surface area contributed by atoms with Gasteiger partial charge in [0, 0.05) is 11.8 Å². The molecule has 1 aliphatic heterocycles. The first-order valence-electron chi connectivity index (χ1n) is 12.5. The van der Waals surface area contributed by atoms with E-state index >= 15 is 0 Å². The molecule has 8 nitrogen and oxygen atoms in total. The van der Waals surface area contributed by atoms with Crippen molar-refractivity contribution < 1.29 is 23.8 Å². The van der Waals surface area contributed by atoms with Gasteiger partial charge in [0.2, 0.25) is 0 Å². The fourth-order valence-corrected chi connectivity index (χ4v) is 5.69. The molecule has 10 heteroatoms. The van der Waals surface area contributed by atoms with Crippen molar-refractivity contribution in [3.8, 4) is 11.5 Å². The molecule has 0 fully saturated rings. The van der Waals surface area contributed by atoms with Gasteiger partial charge in [-0.3, -0.25) is 14.2 Å². The molecule has 1 unspecified atom stereocenters. The molecule has 204 valence electrons. The third-order valence-electron chi connectivity index (χ3n) is 5.83. The number of rotatable bonds is 8. The van der Waals surface area contributed by atoms with E-state index in [1.807, 2.05) is 37.4 Å². The fraction of sp³-hybridized carbons (Fsp3) is 0.310. The highest BCUT2D eigenvalue weighted by Crippen LogP contribution is 2.32. The number of esters is 2. The summed E-state index contributed by atoms with van der Waals surface area (Å²) >= 11 is 2.85. The lowest BCUT2D eigenvalue weighted by molar-refractivity contribution is -0.143. The summed E-state index contributed by atoms with van der Waals surface area (Å²) in [5, 5.41) is 0. The van der Waals surface area contributed by atoms with Crippen LogP contribution in [0.15, 0.2) is 68.4 Å². The molecular formula is C29H30N2O6S2. The monoisotopic (exact) mass is 566 g/mol. The number of benzene rings is 2. The number of allylic oxidation sites excluding steroid dienone is 1. The lowest BCUT2D eigenvalue weighted by Crippen LogP contribution is -2.40. The Kier molecular flexibility index (Phi) is 8.76. The number of aromatic nitrogens is 1. The minimum atomic E-state index is -0.684. The summed E-state index contributed by atoms with van der Waals surface area (Å²) in [5.74, 6) is -0.247. The molecule has 39 heavy (non-hydrogen) atoms. The standard InChI is InChI=1S/C29H30N2O6S2/c1-7-35-23-14-19(8-13-22(23)37-18(5)32)15-24-27(33)31-26(20-9-11-21(38-6)12-10-20)25(28(34)36-16(2)3)17(4)30-29(31)39-24/h8-16,26H,7H2,1-6H3. The van der Waals surface area contributed by atoms with Crippen LogP contribution in [0.25, 0.3) is 6.08 Å². The molecule has 2 aromatic carbocycles. The zero-order valence-electron chi connectivity index (χ0n) is 22.6. The van der Waals surface area contributed by atoms with Gasteiger partial charge in [-0.1, -0.05) is 29.5 Å². The molecule has 1 atom stereocenters. The van der Waals surface area contributed by atoms with E-state index in [-0.39, 0.29) is 11.7 Å². The SMILES string of the molecule is CCOc1cc(C=c2sc3n(c2=O)C(c2ccc(SC)cc2)C(C(=O)OC(C)C)=C(C)N=3)ccc1OC(C)=O. The average Bonchev–Trinajstić information content (AvgIpc) is 3.18. The van der Waals surface area contributed by atoms with Gasteiger partial charge in [0.25, 0.3) is 5.56 Å². The third-order valence-corrected chi connectivity index (χ3v) is 7.56. The van der Waals surface area contributed by atoms with Gasteiger partial charge in [-0.2, -0.15) is 0 Å². The highest BCUT2D eigenvalue weighted by molar-refractivity contribution is 7.98. The predicted molar refractivity (Wildman–Crippen MR) is 152 cm³/mol. The molecule has 0 spiro atoms. The fourth-order valence-electron chi connectivity index (χ4n) is 4.24. The van der Waals surface area contributed by atoms with E-state index in [9.17, 15) is 14.4 Å². The maximum atomic E-state index is 13.8. The maximum Gasteiger partial charge on any atom is 0.338 e. The van der Waals surface area contributed by atoms with E-state index in [0.29, 0.717) is 44.3 Å². The normalized spacial score (nSPS) is 15.2. The first-order valence-corrected chi connectivity index (χ1v) is 14.5. The Bertz CT molecular complexity index is 1620. The number of ether oxygens (including phenoxy) is 3. The number of carbonyl (C=O) groups is 2. The van der Waals surface area contributed by atoms with E-state index in [2.05, 4.69) is 4.99 Å². The lowest BCUT2D eigenvalue weighted by Gasteiger charge is -2.25. The molecule has 1 aliphatic rings. The van der Waals surface area contributed by atoms with Gasteiger partial charge < -0.3 is 14.2 Å². The number of hydrogen-bond acceptors (Lipinski definition) is 9. The second-order valence-electron chi connectivity index (χ2n) is 9.04. The zero-order chi connectivity index (χ0) is 28.3. The van der Waals surface area contributed by atoms with Crippen LogP contribution in [0.2, 0.25) is 0 Å². The van der Waals surface area contributed by atoms with Crippen LogP contribution in [0.5, 0.6) is 11.5 Å². The Labute approximate surface area is 234 Å². The summed E-state index contributed by atoms with van der Waals surface area (Å²) in [4.78, 5) is 44.8. The summed E-state index contributed by atoms with van der Waals surface area (Å²) in [7, 11) is 0. The number of nitrogens with zero attached hydrogens (tertiary/aromatic N) is 2. The molecule has 0 N–H and O–H groups in total. The third kappa shape index (κ3) is 6.17. The molecular weight excluding hydrogens is 536 g/mol. The van der Waals surface area contributed by atoms with Gasteiger partial charge in [-0.15, -0.1) is 11.8 Å². The number of carbonyl (C=O) groups excluding carboxylic acids is 2. The molecule has 0 saturated heterocycles. The quantitative estimate of drug-likeness (QED) is 0.229. The zero-order valence-corrected chi connectivity index (χ0v) is 24.3. The molecule has 2 heterocycles. The van der Waals surface area contributed by atoms with Crippen LogP contribution in [0, 0.1) is 0 Å². The van der Waals surface area contributed by atoms with Gasteiger partial charge in [0.05, 0.1) is 34.6 Å². The minimum absolute atomic E-state index is 0.276. The molecule has 4 rings (SSSR count). The molecule has 0 aliphatic carbocycles. The van der Waals surface area contributed by atoms with Crippen LogP contribution in [0.1, 0.15) is 51.8 Å². The van der Waals surface area contributed by atoms with Crippen LogP contribution >= 0.6 is 23.1 Å². The Morgan fingerprint density at radius 3 is 2.49 bits per heavy atom. The minimum Gasteiger partial charge on any atom is -0.490 e. The van der Waals surface area contributed by atoms with Crippen LogP contribution in [0.3, 0.4) is 0 Å². The average molecular weight is 567 g/mol. The summed E-state index contributed by atoms with van der Waals surface area (Å²) in [5.41, 5.74) is 2.05. The summed E-state index contributed by atoms with van der Waals surface area (Å²) < 4.78 is 18.4. The summed E-state index contributed by atoms with van der Waals surface area (Å²) in [6.07, 6.45) is 3.41. The van der Waals surface area contributed by atoms with Crippen molar-refractivity contribution in [3.63, 3.8) is 0 Å². The largest absolute Gasteiger partial charge is 0.490 e. The van der Waals surface area contributed by atoms with Crippen molar-refractivity contribution in [2.75, 3.05) is 12.9 Å². The number of thiazole rings is 1. The Balaban J connectivity index is 1.88. The summed E-state index contributed by atoms with van der Waals surface area (Å²) in [6, 6.07) is 12.2. The predicted octanol–water partition coefficient (Wildman–Crippen LogP) is 4.23. The van der Waals surface area contributed by atoms with Crippen molar-refractivity contribution in [1.29, 1.82) is 0 Å². The van der Waals surface area contributed by atoms with Crippen molar-refractivity contribution in [2.45, 2.75) is 51.7 Å². The Hall–Kier alpha value is -3.63. The van der Waals surface area contributed by atoms with E-state index in [0.717, 1.165) is 10.5 Å². The molecule has 0 saturated carbocycles. The van der Waals surface area contributed by atoms with Crippen molar-refractivity contribution >= 4 is 41.1 Å². The Morgan fingerprint density at radius 2 is 1.87 bits per heavy atom. The van der Waals surface area contributed by atoms with Crippen LogP contribution in [-0.2, 0) is 14.3 Å². The molecule has 0 bridgehead atoms. The van der Waals surface area contributed by atoms with Crippen molar-refractivity contribution in [3.05, 3.63) is 84.5 Å². The van der Waals surface area contributed by atoms with Gasteiger partial charge >= 0.3 is 11.9 Å². The lowest BCUT2D eigenvalue weighted by atomic mass is 9.96. The van der Waals surface area contributed by atoms with Crippen LogP contribution in [-0.4, -0.2) is 35.5 Å². The molecule has 1 aromatic heterocycles. The number of thioether (sulfide) groups is 1. The molecule has 3 aromatic rings. The van der Waals surface area contributed by atoms with Crippen LogP contribution < -0.4 is 24.4 Å². The second kappa shape index (κ2) is 12.0. The van der Waals surface area contributed by atoms with Gasteiger partial charge in [0.15, 0.2) is 16.3 Å². The molecule has 0 amide bonds. The summed E-state index contributed by atoms with van der Waals surface area (Å²) in [6.45, 7) is 8.87. The smallest absolute Gasteiger partial charge is 0.338 e. The topological polar surface area (TPSA) is 96.2 Å². The van der Waals surface area contributed by atoms with Crippen LogP contribution in [0.4, 0.5) is 0 Å². The van der Waals surface area contributed by atoms with E-state index in [1.54, 1.807) is 61.4 Å². The number of fused-ring (bicyclic) bond motifs is 1. The van der Waals surface area contributed by atoms with Gasteiger partial charge in [0.1, 0.15) is 0 Å². The van der Waals surface area contributed by atoms with Gasteiger partial charge in [-0.05, 0) is 75.4 Å². The first-order chi connectivity index (χ1) is 18.6. The van der Waals surface area contributed by atoms with Crippen molar-refractivity contribution in [2.24, 2.45) is 4.99 Å². The van der Waals surface area contributed by atoms with Gasteiger partial charge in [-0.25, -0.2) is 9.79 Å². The number of hydrogen-bond donors (Lipinski definition) is 0. The second-order valence-corrected chi connectivity index (χ2v) is 10.9. The first kappa shape index (κ1) is 28.4. The van der Waals surface area contributed by atoms with Crippen molar-refractivity contribution in [1.82, 2.24) is 4.57 Å². The maximum absolute atomic E-state index is 13.8. The highest BCUT2D eigenvalue weighted by Gasteiger charge is 2.33. The highest BCUT2D eigenvalue weighted by atomic mass is 32.2. The Morgan fingerprint density at radius 1 is 1.15 bits per heavy atom.